The van der Waals surface area contributed by atoms with E-state index >= 15 is 0 Å². The van der Waals surface area contributed by atoms with Crippen LogP contribution in [0.15, 0.2) is 24.3 Å². The van der Waals surface area contributed by atoms with Crippen LogP contribution < -0.4 is 5.32 Å². The highest BCUT2D eigenvalue weighted by Gasteiger charge is 2.03. The van der Waals surface area contributed by atoms with Crippen LogP contribution in [0.5, 0.6) is 0 Å². The van der Waals surface area contributed by atoms with Crippen LogP contribution in [0.4, 0.5) is 5.82 Å². The zero-order valence-electron chi connectivity index (χ0n) is 8.14. The second-order valence-electron chi connectivity index (χ2n) is 2.92. The first-order valence-electron chi connectivity index (χ1n) is 4.50. The zero-order chi connectivity index (χ0) is 11.4. The number of hydrogen-bond acceptors (Lipinski definition) is 5. The first-order chi connectivity index (χ1) is 7.79. The number of thiophene rings is 1. The van der Waals surface area contributed by atoms with Crippen molar-refractivity contribution in [3.05, 3.63) is 28.6 Å². The van der Waals surface area contributed by atoms with E-state index in [1.165, 1.54) is 11.3 Å². The molecule has 80 valence electrons. The van der Waals surface area contributed by atoms with Crippen LogP contribution >= 0.6 is 22.9 Å². The summed E-state index contributed by atoms with van der Waals surface area (Å²) < 4.78 is 0.725. The summed E-state index contributed by atoms with van der Waals surface area (Å²) in [6, 6.07) is 9.33. The maximum atomic E-state index is 8.39. The van der Waals surface area contributed by atoms with Gasteiger partial charge >= 0.3 is 0 Å². The van der Waals surface area contributed by atoms with Gasteiger partial charge in [0.2, 0.25) is 0 Å². The Morgan fingerprint density at radius 3 is 2.75 bits per heavy atom. The molecule has 1 N–H and O–H groups in total. The van der Waals surface area contributed by atoms with Gasteiger partial charge in [-0.25, -0.2) is 0 Å². The van der Waals surface area contributed by atoms with Crippen LogP contribution in [0.2, 0.25) is 4.34 Å². The first-order valence-corrected chi connectivity index (χ1v) is 5.69. The van der Waals surface area contributed by atoms with Gasteiger partial charge < -0.3 is 5.32 Å². The van der Waals surface area contributed by atoms with Crippen molar-refractivity contribution in [2.45, 2.75) is 0 Å². The van der Waals surface area contributed by atoms with Gasteiger partial charge in [0.1, 0.15) is 18.1 Å². The number of nitrogens with zero attached hydrogens (tertiary/aromatic N) is 3. The molecular weight excluding hydrogens is 244 g/mol. The third kappa shape index (κ3) is 2.48. The van der Waals surface area contributed by atoms with Crippen molar-refractivity contribution in [3.8, 4) is 16.6 Å². The normalized spacial score (nSPS) is 9.75. The molecule has 0 saturated carbocycles. The first kappa shape index (κ1) is 10.9. The SMILES string of the molecule is N#CCNc1ccc(-c2ccc(Cl)s2)nn1. The van der Waals surface area contributed by atoms with Crippen molar-refractivity contribution in [1.82, 2.24) is 10.2 Å². The Morgan fingerprint density at radius 2 is 2.19 bits per heavy atom. The summed E-state index contributed by atoms with van der Waals surface area (Å²) in [5.74, 6) is 0.591. The molecule has 0 radical (unpaired) electrons. The van der Waals surface area contributed by atoms with Crippen molar-refractivity contribution < 1.29 is 0 Å². The van der Waals surface area contributed by atoms with Gasteiger partial charge in [-0.2, -0.15) is 5.26 Å². The minimum atomic E-state index is 0.221. The summed E-state index contributed by atoms with van der Waals surface area (Å²) >= 11 is 7.29. The lowest BCUT2D eigenvalue weighted by atomic mass is 10.3. The second-order valence-corrected chi connectivity index (χ2v) is 4.63. The van der Waals surface area contributed by atoms with Crippen molar-refractivity contribution in [2.24, 2.45) is 0 Å². The van der Waals surface area contributed by atoms with Gasteiger partial charge in [-0.3, -0.25) is 0 Å². The number of halogens is 1. The van der Waals surface area contributed by atoms with E-state index in [9.17, 15) is 0 Å². The van der Waals surface area contributed by atoms with E-state index in [-0.39, 0.29) is 6.54 Å². The summed E-state index contributed by atoms with van der Waals surface area (Å²) in [5.41, 5.74) is 0.777. The van der Waals surface area contributed by atoms with E-state index in [1.807, 2.05) is 24.3 Å². The van der Waals surface area contributed by atoms with Crippen LogP contribution in [0, 0.1) is 11.3 Å². The third-order valence-electron chi connectivity index (χ3n) is 1.84. The average Bonchev–Trinajstić information content (AvgIpc) is 2.74. The van der Waals surface area contributed by atoms with Crippen molar-refractivity contribution in [2.75, 3.05) is 11.9 Å². The molecule has 0 fully saturated rings. The molecule has 2 heterocycles. The Morgan fingerprint density at radius 1 is 1.31 bits per heavy atom. The summed E-state index contributed by atoms with van der Waals surface area (Å²) in [4.78, 5) is 0.976. The highest BCUT2D eigenvalue weighted by atomic mass is 35.5. The summed E-state index contributed by atoms with van der Waals surface area (Å²) in [6.45, 7) is 0.221. The molecule has 2 aromatic heterocycles. The third-order valence-corrected chi connectivity index (χ3v) is 3.09. The van der Waals surface area contributed by atoms with Gasteiger partial charge in [0.15, 0.2) is 0 Å². The van der Waals surface area contributed by atoms with E-state index < -0.39 is 0 Å². The predicted molar refractivity (Wildman–Crippen MR) is 64.5 cm³/mol. The number of nitriles is 1. The standard InChI is InChI=1S/C10H7ClN4S/c11-9-3-2-8(16-9)7-1-4-10(15-14-7)13-6-5-12/h1-4H,6H2,(H,13,15). The number of aromatic nitrogens is 2. The molecule has 0 aliphatic rings. The summed E-state index contributed by atoms with van der Waals surface area (Å²) in [7, 11) is 0. The average molecular weight is 251 g/mol. The van der Waals surface area contributed by atoms with Crippen LogP contribution in [0.3, 0.4) is 0 Å². The van der Waals surface area contributed by atoms with Crippen molar-refractivity contribution >= 4 is 28.8 Å². The number of anilines is 1. The molecule has 0 bridgehead atoms. The van der Waals surface area contributed by atoms with Gasteiger partial charge in [-0.1, -0.05) is 11.6 Å². The fourth-order valence-corrected chi connectivity index (χ4v) is 2.15. The molecule has 0 aliphatic carbocycles. The second kappa shape index (κ2) is 4.92. The van der Waals surface area contributed by atoms with E-state index in [0.717, 1.165) is 14.9 Å². The Hall–Kier alpha value is -1.64. The lowest BCUT2D eigenvalue weighted by Crippen LogP contribution is -2.01. The molecule has 16 heavy (non-hydrogen) atoms. The minimum Gasteiger partial charge on any atom is -0.356 e. The fraction of sp³-hybridized carbons (Fsp3) is 0.100. The molecule has 0 saturated heterocycles. The Bertz CT molecular complexity index is 514. The molecule has 0 aromatic carbocycles. The number of rotatable bonds is 3. The molecule has 2 aromatic rings. The quantitative estimate of drug-likeness (QED) is 0.851. The van der Waals surface area contributed by atoms with Gasteiger partial charge in [0, 0.05) is 0 Å². The molecule has 0 amide bonds. The van der Waals surface area contributed by atoms with E-state index in [1.54, 1.807) is 6.07 Å². The van der Waals surface area contributed by atoms with E-state index in [0.29, 0.717) is 5.82 Å². The van der Waals surface area contributed by atoms with Crippen LogP contribution in [-0.2, 0) is 0 Å². The minimum absolute atomic E-state index is 0.221. The lowest BCUT2D eigenvalue weighted by Gasteiger charge is -2.00. The van der Waals surface area contributed by atoms with E-state index in [4.69, 9.17) is 16.9 Å². The van der Waals surface area contributed by atoms with Crippen LogP contribution in [-0.4, -0.2) is 16.7 Å². The van der Waals surface area contributed by atoms with Gasteiger partial charge in [-0.15, -0.1) is 21.5 Å². The molecule has 0 unspecified atom stereocenters. The lowest BCUT2D eigenvalue weighted by molar-refractivity contribution is 1.03. The molecule has 0 spiro atoms. The smallest absolute Gasteiger partial charge is 0.149 e. The van der Waals surface area contributed by atoms with Crippen molar-refractivity contribution in [1.29, 1.82) is 5.26 Å². The highest BCUT2D eigenvalue weighted by Crippen LogP contribution is 2.29. The highest BCUT2D eigenvalue weighted by molar-refractivity contribution is 7.19. The Balaban J connectivity index is 2.16. The molecule has 0 atom stereocenters. The predicted octanol–water partition coefficient (Wildman–Crippen LogP) is 2.79. The van der Waals surface area contributed by atoms with E-state index in [2.05, 4.69) is 15.5 Å². The topological polar surface area (TPSA) is 61.6 Å². The molecular formula is C10H7ClN4S. The fourth-order valence-electron chi connectivity index (χ4n) is 1.14. The summed E-state index contributed by atoms with van der Waals surface area (Å²) in [6.07, 6.45) is 0. The Labute approximate surface area is 102 Å². The van der Waals surface area contributed by atoms with Crippen LogP contribution in [0.1, 0.15) is 0 Å². The monoisotopic (exact) mass is 250 g/mol. The van der Waals surface area contributed by atoms with Gasteiger partial charge in [-0.05, 0) is 24.3 Å². The maximum absolute atomic E-state index is 8.39. The maximum Gasteiger partial charge on any atom is 0.149 e. The molecule has 0 aliphatic heterocycles. The number of hydrogen-bond donors (Lipinski definition) is 1. The zero-order valence-corrected chi connectivity index (χ0v) is 9.72. The van der Waals surface area contributed by atoms with Gasteiger partial charge in [0.25, 0.3) is 0 Å². The van der Waals surface area contributed by atoms with Gasteiger partial charge in [0.05, 0.1) is 15.3 Å². The summed E-state index contributed by atoms with van der Waals surface area (Å²) in [5, 5.41) is 19.2. The molecule has 2 rings (SSSR count). The molecule has 6 heteroatoms. The molecule has 4 nitrogen and oxygen atoms in total. The Kier molecular flexibility index (Phi) is 3.34. The van der Waals surface area contributed by atoms with Crippen molar-refractivity contribution in [3.63, 3.8) is 0 Å². The largest absolute Gasteiger partial charge is 0.356 e. The van der Waals surface area contributed by atoms with Crippen LogP contribution in [0.25, 0.3) is 10.6 Å². The number of nitrogens with one attached hydrogen (secondary N) is 1.